The third-order valence-corrected chi connectivity index (χ3v) is 2.22. The number of ether oxygens (including phenoxy) is 3. The van der Waals surface area contributed by atoms with Gasteiger partial charge >= 0.3 is 0 Å². The quantitative estimate of drug-likeness (QED) is 0.716. The van der Waals surface area contributed by atoms with Crippen LogP contribution in [0.1, 0.15) is 17.4 Å². The molecule has 0 saturated carbocycles. The highest BCUT2D eigenvalue weighted by Crippen LogP contribution is 2.31. The number of hydrogen-bond acceptors (Lipinski definition) is 4. The second kappa shape index (κ2) is 3.94. The lowest BCUT2D eigenvalue weighted by Gasteiger charge is -2.14. The van der Waals surface area contributed by atoms with Gasteiger partial charge in [-0.25, -0.2) is 4.98 Å². The molecule has 0 aromatic carbocycles. The number of nitrogens with zero attached hydrogens (tertiary/aromatic N) is 1. The first kappa shape index (κ1) is 9.43. The molecule has 1 fully saturated rings. The highest BCUT2D eigenvalue weighted by Gasteiger charge is 2.24. The molecule has 0 bridgehead atoms. The average molecular weight is 195 g/mol. The van der Waals surface area contributed by atoms with Gasteiger partial charge in [0, 0.05) is 6.20 Å². The topological polar surface area (TPSA) is 40.6 Å². The van der Waals surface area contributed by atoms with Gasteiger partial charge in [0.2, 0.25) is 5.88 Å². The van der Waals surface area contributed by atoms with Crippen LogP contribution in [0.15, 0.2) is 12.3 Å². The van der Waals surface area contributed by atoms with E-state index in [1.165, 1.54) is 0 Å². The van der Waals surface area contributed by atoms with Crippen molar-refractivity contribution < 1.29 is 14.2 Å². The van der Waals surface area contributed by atoms with Crippen molar-refractivity contribution >= 4 is 0 Å². The Morgan fingerprint density at radius 1 is 1.43 bits per heavy atom. The van der Waals surface area contributed by atoms with Crippen molar-refractivity contribution in [2.24, 2.45) is 0 Å². The molecule has 2 heterocycles. The Balaban J connectivity index is 2.37. The lowest BCUT2D eigenvalue weighted by Crippen LogP contribution is -2.05. The van der Waals surface area contributed by atoms with Crippen molar-refractivity contribution in [2.75, 3.05) is 20.3 Å². The van der Waals surface area contributed by atoms with Crippen molar-refractivity contribution in [3.63, 3.8) is 0 Å². The SMILES string of the molecule is COc1nccc(C)c1C1OCCO1. The fourth-order valence-corrected chi connectivity index (χ4v) is 1.52. The first-order valence-electron chi connectivity index (χ1n) is 4.55. The van der Waals surface area contributed by atoms with Gasteiger partial charge < -0.3 is 14.2 Å². The number of methoxy groups -OCH3 is 1. The highest BCUT2D eigenvalue weighted by molar-refractivity contribution is 5.34. The average Bonchev–Trinajstić information content (AvgIpc) is 2.70. The molecule has 1 aromatic rings. The fourth-order valence-electron chi connectivity index (χ4n) is 1.52. The Morgan fingerprint density at radius 2 is 2.14 bits per heavy atom. The zero-order valence-electron chi connectivity index (χ0n) is 8.32. The van der Waals surface area contributed by atoms with Crippen molar-refractivity contribution in [3.05, 3.63) is 23.4 Å². The van der Waals surface area contributed by atoms with Gasteiger partial charge in [0.25, 0.3) is 0 Å². The van der Waals surface area contributed by atoms with Crippen LogP contribution in [0.5, 0.6) is 5.88 Å². The minimum Gasteiger partial charge on any atom is -0.481 e. The van der Waals surface area contributed by atoms with Gasteiger partial charge in [-0.05, 0) is 18.6 Å². The molecule has 0 N–H and O–H groups in total. The van der Waals surface area contributed by atoms with Crippen LogP contribution in [0.3, 0.4) is 0 Å². The predicted octanol–water partition coefficient (Wildman–Crippen LogP) is 1.44. The van der Waals surface area contributed by atoms with E-state index in [2.05, 4.69) is 4.98 Å². The van der Waals surface area contributed by atoms with Gasteiger partial charge in [0.15, 0.2) is 6.29 Å². The van der Waals surface area contributed by atoms with E-state index in [1.807, 2.05) is 13.0 Å². The fraction of sp³-hybridized carbons (Fsp3) is 0.500. The molecule has 4 heteroatoms. The lowest BCUT2D eigenvalue weighted by molar-refractivity contribution is -0.0462. The molecule has 1 aliphatic heterocycles. The number of hydrogen-bond donors (Lipinski definition) is 0. The van der Waals surface area contributed by atoms with Gasteiger partial charge in [-0.2, -0.15) is 0 Å². The molecule has 4 nitrogen and oxygen atoms in total. The summed E-state index contributed by atoms with van der Waals surface area (Å²) in [7, 11) is 1.60. The molecule has 0 radical (unpaired) electrons. The molecule has 0 amide bonds. The highest BCUT2D eigenvalue weighted by atomic mass is 16.7. The van der Waals surface area contributed by atoms with E-state index in [0.717, 1.165) is 11.1 Å². The van der Waals surface area contributed by atoms with E-state index < -0.39 is 0 Å². The molecule has 0 aliphatic carbocycles. The van der Waals surface area contributed by atoms with Crippen LogP contribution >= 0.6 is 0 Å². The second-order valence-electron chi connectivity index (χ2n) is 3.12. The summed E-state index contributed by atoms with van der Waals surface area (Å²) in [5.41, 5.74) is 1.97. The van der Waals surface area contributed by atoms with E-state index in [9.17, 15) is 0 Å². The molecule has 2 rings (SSSR count). The third kappa shape index (κ3) is 1.58. The van der Waals surface area contributed by atoms with Gasteiger partial charge in [0.1, 0.15) is 0 Å². The summed E-state index contributed by atoms with van der Waals surface area (Å²) in [6, 6.07) is 1.92. The smallest absolute Gasteiger partial charge is 0.221 e. The third-order valence-electron chi connectivity index (χ3n) is 2.22. The van der Waals surface area contributed by atoms with Crippen LogP contribution in [-0.4, -0.2) is 25.3 Å². The second-order valence-corrected chi connectivity index (χ2v) is 3.12. The van der Waals surface area contributed by atoms with Gasteiger partial charge in [-0.3, -0.25) is 0 Å². The van der Waals surface area contributed by atoms with Crippen molar-refractivity contribution in [1.82, 2.24) is 4.98 Å². The van der Waals surface area contributed by atoms with Crippen LogP contribution < -0.4 is 4.74 Å². The van der Waals surface area contributed by atoms with Crippen molar-refractivity contribution in [2.45, 2.75) is 13.2 Å². The van der Waals surface area contributed by atoms with E-state index in [4.69, 9.17) is 14.2 Å². The van der Waals surface area contributed by atoms with Crippen LogP contribution in [0.4, 0.5) is 0 Å². The van der Waals surface area contributed by atoms with E-state index in [0.29, 0.717) is 19.1 Å². The summed E-state index contributed by atoms with van der Waals surface area (Å²) in [5.74, 6) is 0.580. The van der Waals surface area contributed by atoms with Gasteiger partial charge in [-0.1, -0.05) is 0 Å². The summed E-state index contributed by atoms with van der Waals surface area (Å²) in [4.78, 5) is 4.12. The maximum absolute atomic E-state index is 5.42. The number of aromatic nitrogens is 1. The zero-order valence-corrected chi connectivity index (χ0v) is 8.32. The first-order valence-corrected chi connectivity index (χ1v) is 4.55. The van der Waals surface area contributed by atoms with Gasteiger partial charge in [0.05, 0.1) is 25.9 Å². The normalized spacial score (nSPS) is 17.3. The predicted molar refractivity (Wildman–Crippen MR) is 50.2 cm³/mol. The Hall–Kier alpha value is -1.13. The monoisotopic (exact) mass is 195 g/mol. The summed E-state index contributed by atoms with van der Waals surface area (Å²) < 4.78 is 16.0. The first-order chi connectivity index (χ1) is 6.83. The molecular weight excluding hydrogens is 182 g/mol. The van der Waals surface area contributed by atoms with E-state index in [-0.39, 0.29) is 6.29 Å². The minimum absolute atomic E-state index is 0.321. The van der Waals surface area contributed by atoms with Crippen LogP contribution in [0.2, 0.25) is 0 Å². The summed E-state index contributed by atoms with van der Waals surface area (Å²) >= 11 is 0. The largest absolute Gasteiger partial charge is 0.481 e. The molecule has 14 heavy (non-hydrogen) atoms. The number of aryl methyl sites for hydroxylation is 1. The minimum atomic E-state index is -0.321. The molecule has 1 aromatic heterocycles. The van der Waals surface area contributed by atoms with Crippen LogP contribution in [0, 0.1) is 6.92 Å². The molecule has 0 atom stereocenters. The van der Waals surface area contributed by atoms with E-state index >= 15 is 0 Å². The Morgan fingerprint density at radius 3 is 2.79 bits per heavy atom. The maximum Gasteiger partial charge on any atom is 0.221 e. The molecule has 76 valence electrons. The molecule has 0 spiro atoms. The maximum atomic E-state index is 5.42. The summed E-state index contributed by atoms with van der Waals surface area (Å²) in [6.07, 6.45) is 1.39. The lowest BCUT2D eigenvalue weighted by atomic mass is 10.1. The molecule has 1 saturated heterocycles. The van der Waals surface area contributed by atoms with E-state index in [1.54, 1.807) is 13.3 Å². The van der Waals surface area contributed by atoms with Crippen molar-refractivity contribution in [1.29, 1.82) is 0 Å². The summed E-state index contributed by atoms with van der Waals surface area (Å²) in [5, 5.41) is 0. The van der Waals surface area contributed by atoms with Crippen LogP contribution in [0.25, 0.3) is 0 Å². The number of pyridine rings is 1. The zero-order chi connectivity index (χ0) is 9.97. The molecular formula is C10H13NO3. The Bertz CT molecular complexity index is 321. The van der Waals surface area contributed by atoms with Gasteiger partial charge in [-0.15, -0.1) is 0 Å². The standard InChI is InChI=1S/C10H13NO3/c1-7-3-4-11-9(12-2)8(7)10-13-5-6-14-10/h3-4,10H,5-6H2,1-2H3. The number of rotatable bonds is 2. The Labute approximate surface area is 82.8 Å². The molecule has 1 aliphatic rings. The molecule has 0 unspecified atom stereocenters. The summed E-state index contributed by atoms with van der Waals surface area (Å²) in [6.45, 7) is 3.24. The van der Waals surface area contributed by atoms with Crippen molar-refractivity contribution in [3.8, 4) is 5.88 Å². The Kier molecular flexibility index (Phi) is 2.65. The van der Waals surface area contributed by atoms with Crippen LogP contribution in [-0.2, 0) is 9.47 Å².